The lowest BCUT2D eigenvalue weighted by molar-refractivity contribution is 0.183. The van der Waals surface area contributed by atoms with Gasteiger partial charge in [0.25, 0.3) is 0 Å². The van der Waals surface area contributed by atoms with Crippen LogP contribution in [-0.2, 0) is 6.42 Å². The molecule has 1 aromatic carbocycles. The molecule has 1 aliphatic heterocycles. The molecule has 0 spiro atoms. The van der Waals surface area contributed by atoms with Gasteiger partial charge >= 0.3 is 0 Å². The van der Waals surface area contributed by atoms with Gasteiger partial charge in [-0.05, 0) is 31.1 Å². The van der Waals surface area contributed by atoms with E-state index in [0.717, 1.165) is 45.7 Å². The monoisotopic (exact) mass is 315 g/mol. The number of nitrogens with one attached hydrogen (secondary N) is 1. The molecule has 0 bridgehead atoms. The smallest absolute Gasteiger partial charge is 0.0526 e. The summed E-state index contributed by atoms with van der Waals surface area (Å²) in [5.41, 5.74) is 3.86. The van der Waals surface area contributed by atoms with E-state index in [2.05, 4.69) is 52.9 Å². The SMILES string of the molecule is CCN(CC)CCN1CCc2c([nH]c3ccccc23)C(CO)C1. The predicted molar refractivity (Wildman–Crippen MR) is 96.1 cm³/mol. The zero-order chi connectivity index (χ0) is 16.2. The van der Waals surface area contributed by atoms with Gasteiger partial charge in [-0.25, -0.2) is 0 Å². The van der Waals surface area contributed by atoms with Crippen molar-refractivity contribution >= 4 is 10.9 Å². The number of aliphatic hydroxyl groups is 1. The fraction of sp³-hybridized carbons (Fsp3) is 0.579. The normalized spacial score (nSPS) is 19.2. The molecule has 2 N–H and O–H groups in total. The van der Waals surface area contributed by atoms with E-state index in [-0.39, 0.29) is 12.5 Å². The molecule has 1 aromatic heterocycles. The minimum atomic E-state index is 0.191. The molecule has 126 valence electrons. The van der Waals surface area contributed by atoms with E-state index in [4.69, 9.17) is 0 Å². The van der Waals surface area contributed by atoms with Crippen LogP contribution in [0.4, 0.5) is 0 Å². The Morgan fingerprint density at radius 3 is 2.78 bits per heavy atom. The van der Waals surface area contributed by atoms with Gasteiger partial charge in [0, 0.05) is 48.7 Å². The topological polar surface area (TPSA) is 42.5 Å². The maximum absolute atomic E-state index is 9.92. The van der Waals surface area contributed by atoms with E-state index in [0.29, 0.717) is 0 Å². The minimum absolute atomic E-state index is 0.191. The van der Waals surface area contributed by atoms with Crippen LogP contribution in [-0.4, -0.2) is 65.8 Å². The summed E-state index contributed by atoms with van der Waals surface area (Å²) in [5, 5.41) is 11.2. The van der Waals surface area contributed by atoms with Gasteiger partial charge in [-0.15, -0.1) is 0 Å². The predicted octanol–water partition coefficient (Wildman–Crippen LogP) is 2.44. The fourth-order valence-electron chi connectivity index (χ4n) is 3.78. The van der Waals surface area contributed by atoms with Gasteiger partial charge in [-0.1, -0.05) is 32.0 Å². The quantitative estimate of drug-likeness (QED) is 0.860. The summed E-state index contributed by atoms with van der Waals surface area (Å²) < 4.78 is 0. The van der Waals surface area contributed by atoms with E-state index in [9.17, 15) is 5.11 Å². The van der Waals surface area contributed by atoms with Crippen LogP contribution in [0, 0.1) is 0 Å². The number of hydrogen-bond donors (Lipinski definition) is 2. The van der Waals surface area contributed by atoms with Crippen molar-refractivity contribution < 1.29 is 5.11 Å². The van der Waals surface area contributed by atoms with Gasteiger partial charge in [0.15, 0.2) is 0 Å². The Bertz CT molecular complexity index is 633. The summed E-state index contributed by atoms with van der Waals surface area (Å²) in [6, 6.07) is 8.51. The lowest BCUT2D eigenvalue weighted by Crippen LogP contribution is -2.37. The van der Waals surface area contributed by atoms with Crippen molar-refractivity contribution in [2.24, 2.45) is 0 Å². The molecular weight excluding hydrogens is 286 g/mol. The molecule has 1 aliphatic rings. The maximum Gasteiger partial charge on any atom is 0.0526 e. The number of H-pyrrole nitrogens is 1. The zero-order valence-electron chi connectivity index (χ0n) is 14.4. The number of nitrogens with zero attached hydrogens (tertiary/aromatic N) is 2. The first kappa shape index (κ1) is 16.5. The Labute approximate surface area is 139 Å². The van der Waals surface area contributed by atoms with Crippen molar-refractivity contribution in [3.05, 3.63) is 35.5 Å². The van der Waals surface area contributed by atoms with Crippen LogP contribution in [0.5, 0.6) is 0 Å². The first-order chi connectivity index (χ1) is 11.3. The molecule has 4 heteroatoms. The van der Waals surface area contributed by atoms with Crippen molar-refractivity contribution in [2.45, 2.75) is 26.2 Å². The highest BCUT2D eigenvalue weighted by molar-refractivity contribution is 5.85. The number of fused-ring (bicyclic) bond motifs is 3. The Morgan fingerprint density at radius 1 is 1.26 bits per heavy atom. The van der Waals surface area contributed by atoms with E-state index in [1.165, 1.54) is 22.2 Å². The second-order valence-corrected chi connectivity index (χ2v) is 6.52. The zero-order valence-corrected chi connectivity index (χ0v) is 14.4. The highest BCUT2D eigenvalue weighted by Crippen LogP contribution is 2.31. The van der Waals surface area contributed by atoms with Crippen LogP contribution in [0.15, 0.2) is 24.3 Å². The van der Waals surface area contributed by atoms with Crippen molar-refractivity contribution in [1.82, 2.24) is 14.8 Å². The second kappa shape index (κ2) is 7.47. The average molecular weight is 315 g/mol. The van der Waals surface area contributed by atoms with E-state index in [1.54, 1.807) is 0 Å². The largest absolute Gasteiger partial charge is 0.396 e. The molecule has 0 fully saturated rings. The Hall–Kier alpha value is -1.36. The van der Waals surface area contributed by atoms with Crippen LogP contribution in [0.3, 0.4) is 0 Å². The summed E-state index contributed by atoms with van der Waals surface area (Å²) in [4.78, 5) is 8.55. The molecule has 2 heterocycles. The lowest BCUT2D eigenvalue weighted by atomic mass is 10.0. The highest BCUT2D eigenvalue weighted by Gasteiger charge is 2.25. The van der Waals surface area contributed by atoms with Gasteiger partial charge < -0.3 is 19.9 Å². The standard InChI is InChI=1S/C19H29N3O/c1-3-21(4-2)11-12-22-10-9-17-16-7-5-6-8-18(16)20-19(17)15(13-22)14-23/h5-8,15,20,23H,3-4,9-14H2,1-2H3. The molecule has 0 saturated heterocycles. The summed E-state index contributed by atoms with van der Waals surface area (Å²) in [7, 11) is 0. The van der Waals surface area contributed by atoms with Crippen LogP contribution >= 0.6 is 0 Å². The third-order valence-electron chi connectivity index (χ3n) is 5.26. The second-order valence-electron chi connectivity index (χ2n) is 6.52. The molecule has 3 rings (SSSR count). The van der Waals surface area contributed by atoms with Gasteiger partial charge in [0.2, 0.25) is 0 Å². The van der Waals surface area contributed by atoms with Gasteiger partial charge in [0.05, 0.1) is 6.61 Å². The number of aliphatic hydroxyl groups excluding tert-OH is 1. The maximum atomic E-state index is 9.92. The molecular formula is C19H29N3O. The Kier molecular flexibility index (Phi) is 5.36. The first-order valence-corrected chi connectivity index (χ1v) is 8.91. The molecule has 0 amide bonds. The Balaban J connectivity index is 1.77. The Morgan fingerprint density at radius 2 is 2.04 bits per heavy atom. The lowest BCUT2D eigenvalue weighted by Gasteiger charge is -2.27. The number of hydrogen-bond acceptors (Lipinski definition) is 3. The summed E-state index contributed by atoms with van der Waals surface area (Å²) >= 11 is 0. The molecule has 1 unspecified atom stereocenters. The summed E-state index contributed by atoms with van der Waals surface area (Å²) in [6.45, 7) is 11.1. The van der Waals surface area contributed by atoms with E-state index in [1.807, 2.05) is 0 Å². The van der Waals surface area contributed by atoms with Crippen molar-refractivity contribution in [1.29, 1.82) is 0 Å². The number of para-hydroxylation sites is 1. The van der Waals surface area contributed by atoms with Crippen molar-refractivity contribution in [3.8, 4) is 0 Å². The number of aromatic nitrogens is 1. The number of likely N-dealkylation sites (N-methyl/N-ethyl adjacent to an activating group) is 1. The van der Waals surface area contributed by atoms with Crippen LogP contribution < -0.4 is 0 Å². The van der Waals surface area contributed by atoms with Crippen LogP contribution in [0.2, 0.25) is 0 Å². The van der Waals surface area contributed by atoms with Crippen molar-refractivity contribution in [2.75, 3.05) is 45.9 Å². The van der Waals surface area contributed by atoms with Crippen molar-refractivity contribution in [3.63, 3.8) is 0 Å². The van der Waals surface area contributed by atoms with Crippen LogP contribution in [0.25, 0.3) is 10.9 Å². The van der Waals surface area contributed by atoms with E-state index < -0.39 is 0 Å². The van der Waals surface area contributed by atoms with E-state index >= 15 is 0 Å². The number of rotatable bonds is 6. The molecule has 4 nitrogen and oxygen atoms in total. The number of benzene rings is 1. The molecule has 2 aromatic rings. The minimum Gasteiger partial charge on any atom is -0.396 e. The third-order valence-corrected chi connectivity index (χ3v) is 5.26. The highest BCUT2D eigenvalue weighted by atomic mass is 16.3. The third kappa shape index (κ3) is 3.44. The molecule has 0 aliphatic carbocycles. The van der Waals surface area contributed by atoms with Gasteiger partial charge in [-0.3, -0.25) is 0 Å². The van der Waals surface area contributed by atoms with Gasteiger partial charge in [-0.2, -0.15) is 0 Å². The molecule has 23 heavy (non-hydrogen) atoms. The summed E-state index contributed by atoms with van der Waals surface area (Å²) in [6.07, 6.45) is 1.06. The average Bonchev–Trinajstić information content (AvgIpc) is 2.86. The van der Waals surface area contributed by atoms with Crippen LogP contribution in [0.1, 0.15) is 31.0 Å². The fourth-order valence-corrected chi connectivity index (χ4v) is 3.78. The first-order valence-electron chi connectivity index (χ1n) is 8.91. The molecule has 1 atom stereocenters. The molecule has 0 radical (unpaired) electrons. The van der Waals surface area contributed by atoms with Gasteiger partial charge in [0.1, 0.15) is 0 Å². The molecule has 0 saturated carbocycles. The summed E-state index contributed by atoms with van der Waals surface area (Å²) in [5.74, 6) is 0.191. The number of aromatic amines is 1.